The number of anilines is 1. The Morgan fingerprint density at radius 3 is 2.37 bits per heavy atom. The van der Waals surface area contributed by atoms with Gasteiger partial charge >= 0.3 is 10.0 Å². The number of benzene rings is 2. The quantitative estimate of drug-likeness (QED) is 0.199. The van der Waals surface area contributed by atoms with Crippen LogP contribution < -0.4 is 9.04 Å². The highest BCUT2D eigenvalue weighted by Gasteiger charge is 2.42. The van der Waals surface area contributed by atoms with Crippen LogP contribution in [0.2, 0.25) is 10.0 Å². The molecule has 0 N–H and O–H groups in total. The summed E-state index contributed by atoms with van der Waals surface area (Å²) in [5, 5.41) is 4.83. The molecule has 188 valence electrons. The van der Waals surface area contributed by atoms with Crippen LogP contribution in [-0.4, -0.2) is 30.9 Å². The number of ether oxygens (including phenoxy) is 2. The van der Waals surface area contributed by atoms with Crippen molar-refractivity contribution < 1.29 is 18.7 Å². The zero-order chi connectivity index (χ0) is 25.8. The molecule has 0 saturated heterocycles. The predicted molar refractivity (Wildman–Crippen MR) is 138 cm³/mol. The van der Waals surface area contributed by atoms with Crippen molar-refractivity contribution in [1.29, 1.82) is 0 Å². The van der Waals surface area contributed by atoms with E-state index in [2.05, 4.69) is 10.1 Å². The smallest absolute Gasteiger partial charge is 0.425 e. The van der Waals surface area contributed by atoms with Gasteiger partial charge in [0.2, 0.25) is 6.23 Å². The summed E-state index contributed by atoms with van der Waals surface area (Å²) in [5.41, 5.74) is -0.398. The van der Waals surface area contributed by atoms with Gasteiger partial charge in [-0.3, -0.25) is 0 Å². The molecule has 2 aromatic carbocycles. The number of rotatable bonds is 8. The Hall–Kier alpha value is -1.91. The molecule has 0 bridgehead atoms. The van der Waals surface area contributed by atoms with Crippen LogP contribution in [0.1, 0.15) is 27.0 Å². The molecule has 0 radical (unpaired) electrons. The molecule has 1 heterocycles. The fraction of sp³-hybridized carbons (Fsp3) is 0.318. The van der Waals surface area contributed by atoms with E-state index in [1.54, 1.807) is 42.5 Å². The summed E-state index contributed by atoms with van der Waals surface area (Å²) in [7, 11) is 0. The number of hydrogen-bond donors (Lipinski definition) is 0. The Kier molecular flexibility index (Phi) is 9.04. The van der Waals surface area contributed by atoms with Crippen LogP contribution in [0.4, 0.5) is 14.9 Å². The van der Waals surface area contributed by atoms with Crippen LogP contribution in [0, 0.1) is 5.41 Å². The summed E-state index contributed by atoms with van der Waals surface area (Å²) in [4.78, 5) is 17.3. The molecule has 3 aromatic rings. The third-order valence-electron chi connectivity index (χ3n) is 4.53. The minimum absolute atomic E-state index is 0.245. The van der Waals surface area contributed by atoms with Gasteiger partial charge in [0.15, 0.2) is 6.10 Å². The van der Waals surface area contributed by atoms with Crippen molar-refractivity contribution in [2.45, 2.75) is 37.0 Å². The van der Waals surface area contributed by atoms with Crippen LogP contribution >= 0.6 is 58.4 Å². The molecule has 0 aliphatic rings. The Balaban J connectivity index is 1.99. The third-order valence-corrected chi connectivity index (χ3v) is 6.22. The number of halogens is 5. The van der Waals surface area contributed by atoms with E-state index in [-0.39, 0.29) is 22.7 Å². The molecule has 0 spiro atoms. The summed E-state index contributed by atoms with van der Waals surface area (Å²) in [5.74, 6) is 0.278. The monoisotopic (exact) mass is 580 g/mol. The van der Waals surface area contributed by atoms with Gasteiger partial charge in [0.05, 0.1) is 10.7 Å². The largest absolute Gasteiger partial charge is 0.463 e. The van der Waals surface area contributed by atoms with Crippen molar-refractivity contribution in [2.24, 2.45) is 5.41 Å². The lowest BCUT2D eigenvalue weighted by molar-refractivity contribution is -0.0767. The maximum atomic E-state index is 14.2. The highest BCUT2D eigenvalue weighted by molar-refractivity contribution is 8.04. The zero-order valence-electron chi connectivity index (χ0n) is 18.7. The number of carbonyl (C=O) groups excluding carboxylic acids is 1. The first-order valence-electron chi connectivity index (χ1n) is 10.1. The van der Waals surface area contributed by atoms with Crippen molar-refractivity contribution in [3.05, 3.63) is 71.2 Å². The number of para-hydroxylation sites is 1. The van der Waals surface area contributed by atoms with Gasteiger partial charge in [-0.05, 0) is 30.3 Å². The first-order valence-corrected chi connectivity index (χ1v) is 12.4. The van der Waals surface area contributed by atoms with Gasteiger partial charge in [0.1, 0.15) is 18.4 Å². The summed E-state index contributed by atoms with van der Waals surface area (Å²) < 4.78 is 25.7. The van der Waals surface area contributed by atoms with Gasteiger partial charge < -0.3 is 9.47 Å². The first-order chi connectivity index (χ1) is 16.3. The lowest BCUT2D eigenvalue weighted by Gasteiger charge is -2.37. The average Bonchev–Trinajstić information content (AvgIpc) is 3.29. The molecule has 2 unspecified atom stereocenters. The van der Waals surface area contributed by atoms with Gasteiger partial charge in [-0.15, -0.1) is 0 Å². The minimum Gasteiger partial charge on any atom is -0.463 e. The zero-order valence-corrected chi connectivity index (χ0v) is 22.6. The van der Waals surface area contributed by atoms with E-state index in [1.165, 1.54) is 23.4 Å². The normalized spacial score (nSPS) is 13.7. The topological polar surface area (TPSA) is 69.5 Å². The number of hydrogen-bond acceptors (Lipinski definition) is 6. The minimum atomic E-state index is -2.80. The predicted octanol–water partition coefficient (Wildman–Crippen LogP) is 7.93. The van der Waals surface area contributed by atoms with Gasteiger partial charge in [-0.2, -0.15) is 9.49 Å². The van der Waals surface area contributed by atoms with Crippen LogP contribution in [0.5, 0.6) is 5.75 Å². The molecular weight excluding hydrogens is 561 g/mol. The van der Waals surface area contributed by atoms with E-state index in [4.69, 9.17) is 55.9 Å². The highest BCUT2D eigenvalue weighted by atomic mass is 35.5. The number of alkyl halides is 3. The second-order valence-electron chi connectivity index (χ2n) is 8.30. The summed E-state index contributed by atoms with van der Waals surface area (Å²) >= 11 is 23.7. The Morgan fingerprint density at radius 1 is 1.14 bits per heavy atom. The lowest BCUT2D eigenvalue weighted by Crippen LogP contribution is -2.44. The number of aromatic nitrogens is 3. The van der Waals surface area contributed by atoms with E-state index in [0.29, 0.717) is 10.7 Å². The second kappa shape index (κ2) is 11.4. The summed E-state index contributed by atoms with van der Waals surface area (Å²) in [6.07, 6.45) is -0.193. The molecule has 0 aliphatic carbocycles. The van der Waals surface area contributed by atoms with Gasteiger partial charge in [0, 0.05) is 22.4 Å². The molecular formula is C22H21Cl4FN4O3S. The van der Waals surface area contributed by atoms with Crippen molar-refractivity contribution in [3.63, 3.8) is 0 Å². The molecule has 7 nitrogen and oxygen atoms in total. The average molecular weight is 582 g/mol. The molecule has 0 fully saturated rings. The molecule has 3 rings (SSSR count). The summed E-state index contributed by atoms with van der Waals surface area (Å²) in [6, 6.07) is 13.0. The fourth-order valence-corrected chi connectivity index (χ4v) is 4.40. The highest BCUT2D eigenvalue weighted by Crippen LogP contribution is 2.42. The van der Waals surface area contributed by atoms with E-state index >= 15 is 0 Å². The van der Waals surface area contributed by atoms with Gasteiger partial charge in [0.25, 0.3) is 0 Å². The summed E-state index contributed by atoms with van der Waals surface area (Å²) in [6.45, 7) is 5.51. The lowest BCUT2D eigenvalue weighted by atomic mass is 9.87. The van der Waals surface area contributed by atoms with Crippen LogP contribution in [0.3, 0.4) is 0 Å². The van der Waals surface area contributed by atoms with E-state index in [9.17, 15) is 9.18 Å². The molecule has 1 aromatic heterocycles. The number of nitrogens with zero attached hydrogens (tertiary/aromatic N) is 4. The van der Waals surface area contributed by atoms with E-state index in [0.717, 1.165) is 4.31 Å². The molecule has 0 aliphatic heterocycles. The van der Waals surface area contributed by atoms with Crippen LogP contribution in [-0.2, 0) is 4.74 Å². The van der Waals surface area contributed by atoms with Crippen molar-refractivity contribution in [2.75, 3.05) is 4.31 Å². The molecule has 35 heavy (non-hydrogen) atoms. The molecule has 1 amide bonds. The van der Waals surface area contributed by atoms with Crippen LogP contribution in [0.15, 0.2) is 61.2 Å². The van der Waals surface area contributed by atoms with Crippen molar-refractivity contribution >= 4 is 70.1 Å². The number of carbonyl (C=O) groups is 1. The van der Waals surface area contributed by atoms with Crippen molar-refractivity contribution in [3.8, 4) is 5.75 Å². The second-order valence-corrected chi connectivity index (χ2v) is 11.9. The standard InChI is InChI=1S/C22H21Cl4FN4O3S/c1-21(2,3)18(34-20(32)31(35-22(25,26)27)15-7-5-4-6-8-15)19(30-13-28-12-29-30)33-17-10-9-14(23)11-16(17)24/h4-13,18-19H,1-3H3. The van der Waals surface area contributed by atoms with E-state index < -0.39 is 27.8 Å². The Morgan fingerprint density at radius 2 is 1.83 bits per heavy atom. The maximum Gasteiger partial charge on any atom is 0.425 e. The van der Waals surface area contributed by atoms with Crippen molar-refractivity contribution in [1.82, 2.24) is 14.8 Å². The van der Waals surface area contributed by atoms with E-state index in [1.807, 2.05) is 20.8 Å². The fourth-order valence-electron chi connectivity index (χ4n) is 2.99. The SMILES string of the molecule is CC(C)(C)C(OC(=O)N(SC(F)(Cl)Cl)c1ccccc1)C(Oc1ccc(Cl)cc1Cl)n1cncn1. The van der Waals surface area contributed by atoms with Crippen LogP contribution in [0.25, 0.3) is 0 Å². The molecule has 2 atom stereocenters. The van der Waals surface area contributed by atoms with Gasteiger partial charge in [-0.1, -0.05) is 85.4 Å². The third kappa shape index (κ3) is 7.79. The maximum absolute atomic E-state index is 14.2. The molecule has 13 heteroatoms. The Bertz CT molecular complexity index is 1130. The van der Waals surface area contributed by atoms with Gasteiger partial charge in [-0.25, -0.2) is 18.8 Å². The molecule has 0 saturated carbocycles. The first kappa shape index (κ1) is 27.7. The number of amides is 1. The Labute approximate surface area is 226 Å².